The zero-order valence-electron chi connectivity index (χ0n) is 13.0. The summed E-state index contributed by atoms with van der Waals surface area (Å²) in [5, 5.41) is 10.2. The third-order valence-corrected chi connectivity index (χ3v) is 3.76. The minimum atomic E-state index is -0.454. The van der Waals surface area contributed by atoms with Crippen molar-refractivity contribution in [1.29, 1.82) is 0 Å². The van der Waals surface area contributed by atoms with E-state index in [4.69, 9.17) is 4.74 Å². The molecule has 4 heteroatoms. The first kappa shape index (κ1) is 16.3. The van der Waals surface area contributed by atoms with Crippen molar-refractivity contribution in [2.45, 2.75) is 65.6 Å². The van der Waals surface area contributed by atoms with Gasteiger partial charge in [0.05, 0.1) is 6.10 Å². The normalized spacial score (nSPS) is 23.3. The Labute approximate surface area is 117 Å². The third kappa shape index (κ3) is 5.39. The molecule has 19 heavy (non-hydrogen) atoms. The van der Waals surface area contributed by atoms with E-state index in [1.807, 2.05) is 20.8 Å². The highest BCUT2D eigenvalue weighted by molar-refractivity contribution is 5.68. The number of hydrogen-bond acceptors (Lipinski definition) is 3. The summed E-state index contributed by atoms with van der Waals surface area (Å²) >= 11 is 0. The van der Waals surface area contributed by atoms with Gasteiger partial charge in [-0.15, -0.1) is 0 Å². The zero-order valence-corrected chi connectivity index (χ0v) is 13.0. The van der Waals surface area contributed by atoms with E-state index in [9.17, 15) is 9.90 Å². The molecule has 0 bridgehead atoms. The lowest BCUT2D eigenvalue weighted by molar-refractivity contribution is 0.0261. The summed E-state index contributed by atoms with van der Waals surface area (Å²) in [6, 6.07) is 0. The van der Waals surface area contributed by atoms with Gasteiger partial charge in [0.15, 0.2) is 0 Å². The number of rotatable bonds is 4. The van der Waals surface area contributed by atoms with Crippen molar-refractivity contribution in [3.63, 3.8) is 0 Å². The molecular formula is C15H29NO3. The van der Waals surface area contributed by atoms with Gasteiger partial charge in [-0.2, -0.15) is 0 Å². The Bertz CT molecular complexity index is 298. The van der Waals surface area contributed by atoms with E-state index in [2.05, 4.69) is 13.8 Å². The van der Waals surface area contributed by atoms with Crippen LogP contribution >= 0.6 is 0 Å². The van der Waals surface area contributed by atoms with Crippen LogP contribution in [0.4, 0.5) is 4.79 Å². The monoisotopic (exact) mass is 271 g/mol. The first-order chi connectivity index (χ1) is 8.73. The summed E-state index contributed by atoms with van der Waals surface area (Å²) in [6.45, 7) is 11.2. The van der Waals surface area contributed by atoms with Gasteiger partial charge in [-0.05, 0) is 39.5 Å². The molecule has 1 aliphatic rings. The number of amides is 1. The van der Waals surface area contributed by atoms with Crippen LogP contribution in [0.2, 0.25) is 0 Å². The van der Waals surface area contributed by atoms with Gasteiger partial charge in [0.25, 0.3) is 0 Å². The van der Waals surface area contributed by atoms with Crippen molar-refractivity contribution in [1.82, 2.24) is 4.90 Å². The number of ether oxygens (including phenoxy) is 1. The van der Waals surface area contributed by atoms with Crippen LogP contribution in [0.15, 0.2) is 0 Å². The molecule has 0 aromatic carbocycles. The molecule has 0 aromatic heterocycles. The zero-order chi connectivity index (χ0) is 14.6. The number of nitrogens with zero attached hydrogens (tertiary/aromatic N) is 1. The smallest absolute Gasteiger partial charge is 0.410 e. The van der Waals surface area contributed by atoms with Crippen molar-refractivity contribution >= 4 is 6.09 Å². The summed E-state index contributed by atoms with van der Waals surface area (Å²) in [7, 11) is 0. The van der Waals surface area contributed by atoms with Gasteiger partial charge in [0.1, 0.15) is 5.60 Å². The molecule has 3 unspecified atom stereocenters. The molecule has 3 atom stereocenters. The lowest BCUT2D eigenvalue weighted by Crippen LogP contribution is -2.36. The van der Waals surface area contributed by atoms with Crippen molar-refractivity contribution in [3.8, 4) is 0 Å². The Morgan fingerprint density at radius 1 is 1.47 bits per heavy atom. The van der Waals surface area contributed by atoms with E-state index in [0.717, 1.165) is 19.3 Å². The number of aliphatic hydroxyl groups is 1. The number of likely N-dealkylation sites (tertiary alicyclic amines) is 1. The second kappa shape index (κ2) is 6.60. The summed E-state index contributed by atoms with van der Waals surface area (Å²) in [5.41, 5.74) is -0.454. The van der Waals surface area contributed by atoms with Gasteiger partial charge < -0.3 is 14.7 Å². The molecule has 1 rings (SSSR count). The molecule has 1 heterocycles. The molecule has 0 aliphatic carbocycles. The van der Waals surface area contributed by atoms with Crippen LogP contribution in [0, 0.1) is 11.8 Å². The van der Waals surface area contributed by atoms with Crippen molar-refractivity contribution in [2.75, 3.05) is 13.1 Å². The summed E-state index contributed by atoms with van der Waals surface area (Å²) in [6.07, 6.45) is 2.22. The lowest BCUT2D eigenvalue weighted by atomic mass is 9.92. The SMILES string of the molecule is CCC(C)CC(O)C1CCN(C(=O)OC(C)(C)C)C1. The van der Waals surface area contributed by atoms with E-state index in [1.165, 1.54) is 0 Å². The first-order valence-electron chi connectivity index (χ1n) is 7.39. The molecule has 0 spiro atoms. The van der Waals surface area contributed by atoms with Gasteiger partial charge in [-0.3, -0.25) is 0 Å². The highest BCUT2D eigenvalue weighted by atomic mass is 16.6. The van der Waals surface area contributed by atoms with E-state index >= 15 is 0 Å². The molecule has 0 saturated carbocycles. The van der Waals surface area contributed by atoms with Crippen molar-refractivity contribution < 1.29 is 14.6 Å². The lowest BCUT2D eigenvalue weighted by Gasteiger charge is -2.25. The summed E-state index contributed by atoms with van der Waals surface area (Å²) < 4.78 is 5.36. The molecule has 112 valence electrons. The Kier molecular flexibility index (Phi) is 5.65. The fourth-order valence-corrected chi connectivity index (χ4v) is 2.37. The van der Waals surface area contributed by atoms with Crippen molar-refractivity contribution in [3.05, 3.63) is 0 Å². The van der Waals surface area contributed by atoms with Gasteiger partial charge in [-0.1, -0.05) is 20.3 Å². The molecule has 1 aliphatic heterocycles. The molecule has 0 radical (unpaired) electrons. The van der Waals surface area contributed by atoms with Crippen LogP contribution in [0.25, 0.3) is 0 Å². The van der Waals surface area contributed by atoms with Crippen LogP contribution in [-0.2, 0) is 4.74 Å². The molecule has 1 amide bonds. The third-order valence-electron chi connectivity index (χ3n) is 3.76. The van der Waals surface area contributed by atoms with E-state index in [1.54, 1.807) is 4.90 Å². The van der Waals surface area contributed by atoms with Gasteiger partial charge in [0, 0.05) is 19.0 Å². The largest absolute Gasteiger partial charge is 0.444 e. The fraction of sp³-hybridized carbons (Fsp3) is 0.933. The average Bonchev–Trinajstić information content (AvgIpc) is 2.75. The van der Waals surface area contributed by atoms with Crippen molar-refractivity contribution in [2.24, 2.45) is 11.8 Å². The maximum Gasteiger partial charge on any atom is 0.410 e. The van der Waals surface area contributed by atoms with Crippen LogP contribution in [0.1, 0.15) is 53.9 Å². The Morgan fingerprint density at radius 3 is 2.63 bits per heavy atom. The molecule has 1 N–H and O–H groups in total. The standard InChI is InChI=1S/C15H29NO3/c1-6-11(2)9-13(17)12-7-8-16(10-12)14(18)19-15(3,4)5/h11-13,17H,6-10H2,1-5H3. The van der Waals surface area contributed by atoms with E-state index in [0.29, 0.717) is 19.0 Å². The summed E-state index contributed by atoms with van der Waals surface area (Å²) in [5.74, 6) is 0.729. The molecular weight excluding hydrogens is 242 g/mol. The van der Waals surface area contributed by atoms with Crippen LogP contribution in [-0.4, -0.2) is 40.9 Å². The highest BCUT2D eigenvalue weighted by Crippen LogP contribution is 2.25. The van der Waals surface area contributed by atoms with Gasteiger partial charge in [0.2, 0.25) is 0 Å². The number of hydrogen-bond donors (Lipinski definition) is 1. The average molecular weight is 271 g/mol. The summed E-state index contributed by atoms with van der Waals surface area (Å²) in [4.78, 5) is 13.6. The van der Waals surface area contributed by atoms with E-state index in [-0.39, 0.29) is 18.1 Å². The molecule has 1 fully saturated rings. The fourth-order valence-electron chi connectivity index (χ4n) is 2.37. The van der Waals surface area contributed by atoms with Gasteiger partial charge in [-0.25, -0.2) is 4.79 Å². The Morgan fingerprint density at radius 2 is 2.11 bits per heavy atom. The second-order valence-electron chi connectivity index (χ2n) is 6.79. The van der Waals surface area contributed by atoms with E-state index < -0.39 is 5.60 Å². The Hall–Kier alpha value is -0.770. The second-order valence-corrected chi connectivity index (χ2v) is 6.79. The first-order valence-corrected chi connectivity index (χ1v) is 7.39. The minimum absolute atomic E-state index is 0.196. The number of aliphatic hydroxyl groups excluding tert-OH is 1. The molecule has 4 nitrogen and oxygen atoms in total. The highest BCUT2D eigenvalue weighted by Gasteiger charge is 2.33. The predicted octanol–water partition coefficient (Wildman–Crippen LogP) is 3.04. The quantitative estimate of drug-likeness (QED) is 0.855. The molecule has 1 saturated heterocycles. The predicted molar refractivity (Wildman–Crippen MR) is 76.0 cm³/mol. The van der Waals surface area contributed by atoms with Crippen LogP contribution < -0.4 is 0 Å². The van der Waals surface area contributed by atoms with Crippen LogP contribution in [0.3, 0.4) is 0 Å². The number of carbonyl (C=O) groups is 1. The van der Waals surface area contributed by atoms with Gasteiger partial charge >= 0.3 is 6.09 Å². The van der Waals surface area contributed by atoms with Crippen LogP contribution in [0.5, 0.6) is 0 Å². The Balaban J connectivity index is 2.43. The maximum atomic E-state index is 11.9. The maximum absolute atomic E-state index is 11.9. The topological polar surface area (TPSA) is 49.8 Å². The number of carbonyl (C=O) groups excluding carboxylic acids is 1. The molecule has 0 aromatic rings. The minimum Gasteiger partial charge on any atom is -0.444 e.